The number of aliphatic hydroxyl groups excluding tert-OH is 1. The molecule has 642 valence electrons. The summed E-state index contributed by atoms with van der Waals surface area (Å²) in [5, 5.41) is 10.7. The summed E-state index contributed by atoms with van der Waals surface area (Å²) in [5.74, 6) is -1.27. The van der Waals surface area contributed by atoms with Gasteiger partial charge in [-0.15, -0.1) is 0 Å². The smallest absolute Gasteiger partial charge is 0.462 e. The molecule has 0 radical (unpaired) electrons. The number of hydrogen-bond donors (Lipinski definition) is 3. The third-order valence-corrected chi connectivity index (χ3v) is 22.9. The van der Waals surface area contributed by atoms with Crippen molar-refractivity contribution in [3.8, 4) is 0 Å². The minimum atomic E-state index is -4.97. The maximum atomic E-state index is 13.2. The lowest BCUT2D eigenvalue weighted by molar-refractivity contribution is -0.161. The number of unbranched alkanes of at least 4 members (excludes halogenated alkanes) is 61. The second kappa shape index (κ2) is 81.6. The standard InChI is InChI=1S/C89H174O17P2/c1-6-9-12-15-18-21-24-27-29-30-31-32-36-40-43-48-53-58-63-68-73-87(92)100-79-85(106-89(94)75-70-65-60-55-50-45-41-37-34-33-35-39-42-46-51-56-61-66-71-82(4)5)81-104-108(97,98)102-77-83(90)76-101-107(95,96)103-80-84(78-99-86(91)72-67-62-57-52-47-26-23-20-17-14-11-8-3)105-88(93)74-69-64-59-54-49-44-38-28-25-22-19-16-13-10-7-2/h82-85,90H,6-81H2,1-5H3,(H,95,96)(H,97,98)/t83-,84+,85+/m0/s1. The summed E-state index contributed by atoms with van der Waals surface area (Å²) in [6, 6.07) is 0. The van der Waals surface area contributed by atoms with Crippen LogP contribution in [0.1, 0.15) is 484 Å². The van der Waals surface area contributed by atoms with Crippen LogP contribution < -0.4 is 0 Å². The number of ether oxygens (including phenoxy) is 4. The number of phosphoric ester groups is 2. The minimum absolute atomic E-state index is 0.109. The molecule has 0 bridgehead atoms. The fourth-order valence-corrected chi connectivity index (χ4v) is 15.6. The first-order valence-electron chi connectivity index (χ1n) is 46.1. The van der Waals surface area contributed by atoms with Crippen LogP contribution in [0.2, 0.25) is 0 Å². The van der Waals surface area contributed by atoms with Gasteiger partial charge in [0.1, 0.15) is 19.3 Å². The lowest BCUT2D eigenvalue weighted by atomic mass is 10.0. The van der Waals surface area contributed by atoms with Crippen molar-refractivity contribution in [2.45, 2.75) is 502 Å². The number of phosphoric acid groups is 2. The zero-order valence-corrected chi connectivity index (χ0v) is 72.8. The molecule has 0 rings (SSSR count). The van der Waals surface area contributed by atoms with E-state index in [2.05, 4.69) is 34.6 Å². The van der Waals surface area contributed by atoms with Gasteiger partial charge < -0.3 is 33.8 Å². The zero-order valence-electron chi connectivity index (χ0n) is 71.0. The molecule has 5 atom stereocenters. The summed E-state index contributed by atoms with van der Waals surface area (Å²) in [6.45, 7) is 7.42. The van der Waals surface area contributed by atoms with Gasteiger partial charge in [0.25, 0.3) is 0 Å². The van der Waals surface area contributed by atoms with E-state index in [-0.39, 0.29) is 25.7 Å². The molecule has 0 aromatic carbocycles. The van der Waals surface area contributed by atoms with Gasteiger partial charge in [0.2, 0.25) is 0 Å². The van der Waals surface area contributed by atoms with Crippen LogP contribution in [0.5, 0.6) is 0 Å². The van der Waals surface area contributed by atoms with Crippen molar-refractivity contribution in [1.82, 2.24) is 0 Å². The predicted molar refractivity (Wildman–Crippen MR) is 446 cm³/mol. The molecule has 0 heterocycles. The highest BCUT2D eigenvalue weighted by Crippen LogP contribution is 2.45. The van der Waals surface area contributed by atoms with E-state index in [1.54, 1.807) is 0 Å². The average molecular weight is 1580 g/mol. The van der Waals surface area contributed by atoms with E-state index in [9.17, 15) is 43.2 Å². The normalized spacial score (nSPS) is 13.7. The van der Waals surface area contributed by atoms with Gasteiger partial charge in [-0.1, -0.05) is 433 Å². The minimum Gasteiger partial charge on any atom is -0.462 e. The van der Waals surface area contributed by atoms with E-state index < -0.39 is 97.5 Å². The van der Waals surface area contributed by atoms with E-state index in [0.29, 0.717) is 25.7 Å². The molecule has 19 heteroatoms. The molecule has 3 N–H and O–H groups in total. The Morgan fingerprint density at radius 3 is 0.630 bits per heavy atom. The molecule has 2 unspecified atom stereocenters. The number of carbonyl (C=O) groups excluding carboxylic acids is 4. The zero-order chi connectivity index (χ0) is 79.0. The van der Waals surface area contributed by atoms with Gasteiger partial charge in [-0.2, -0.15) is 0 Å². The van der Waals surface area contributed by atoms with Crippen LogP contribution in [0, 0.1) is 5.92 Å². The number of aliphatic hydroxyl groups is 1. The summed E-state index contributed by atoms with van der Waals surface area (Å²) >= 11 is 0. The molecule has 0 saturated heterocycles. The van der Waals surface area contributed by atoms with Crippen LogP contribution in [0.15, 0.2) is 0 Å². The van der Waals surface area contributed by atoms with Gasteiger partial charge >= 0.3 is 39.5 Å². The monoisotopic (exact) mass is 1580 g/mol. The van der Waals surface area contributed by atoms with E-state index in [1.807, 2.05) is 0 Å². The Morgan fingerprint density at radius 1 is 0.250 bits per heavy atom. The topological polar surface area (TPSA) is 237 Å². The van der Waals surface area contributed by atoms with Crippen molar-refractivity contribution in [2.24, 2.45) is 5.92 Å². The number of rotatable bonds is 89. The van der Waals surface area contributed by atoms with Gasteiger partial charge in [-0.05, 0) is 31.6 Å². The molecule has 0 aliphatic heterocycles. The van der Waals surface area contributed by atoms with Crippen molar-refractivity contribution in [3.63, 3.8) is 0 Å². The van der Waals surface area contributed by atoms with Crippen molar-refractivity contribution in [2.75, 3.05) is 39.6 Å². The maximum Gasteiger partial charge on any atom is 0.472 e. The third-order valence-electron chi connectivity index (χ3n) is 21.0. The Bertz CT molecular complexity index is 2050. The van der Waals surface area contributed by atoms with Crippen molar-refractivity contribution in [1.29, 1.82) is 0 Å². The average Bonchev–Trinajstić information content (AvgIpc) is 0.899. The van der Waals surface area contributed by atoms with Gasteiger partial charge in [-0.25, -0.2) is 9.13 Å². The molecule has 0 aromatic heterocycles. The van der Waals surface area contributed by atoms with E-state index in [1.165, 1.54) is 308 Å². The fraction of sp³-hybridized carbons (Fsp3) is 0.955. The predicted octanol–water partition coefficient (Wildman–Crippen LogP) is 27.5. The van der Waals surface area contributed by atoms with Crippen molar-refractivity contribution in [3.05, 3.63) is 0 Å². The second-order valence-corrected chi connectivity index (χ2v) is 35.4. The number of hydrogen-bond acceptors (Lipinski definition) is 15. The maximum absolute atomic E-state index is 13.2. The van der Waals surface area contributed by atoms with Crippen LogP contribution in [0.3, 0.4) is 0 Å². The molecule has 0 aliphatic rings. The molecule has 17 nitrogen and oxygen atoms in total. The molecule has 0 aromatic rings. The van der Waals surface area contributed by atoms with Gasteiger partial charge in [0, 0.05) is 25.7 Å². The number of carbonyl (C=O) groups is 4. The first-order chi connectivity index (χ1) is 52.5. The highest BCUT2D eigenvalue weighted by atomic mass is 31.2. The largest absolute Gasteiger partial charge is 0.472 e. The van der Waals surface area contributed by atoms with Crippen molar-refractivity contribution >= 4 is 39.5 Å². The van der Waals surface area contributed by atoms with Crippen LogP contribution in [-0.4, -0.2) is 96.7 Å². The molecule has 0 saturated carbocycles. The lowest BCUT2D eigenvalue weighted by Crippen LogP contribution is -2.30. The first-order valence-corrected chi connectivity index (χ1v) is 49.1. The van der Waals surface area contributed by atoms with Crippen LogP contribution >= 0.6 is 15.6 Å². The molecule has 0 fully saturated rings. The second-order valence-electron chi connectivity index (χ2n) is 32.5. The van der Waals surface area contributed by atoms with Crippen LogP contribution in [-0.2, 0) is 65.4 Å². The molecule has 108 heavy (non-hydrogen) atoms. The summed E-state index contributed by atoms with van der Waals surface area (Å²) in [5.41, 5.74) is 0. The molecular weight excluding hydrogens is 1400 g/mol. The Kier molecular flexibility index (Phi) is 80.2. The summed E-state index contributed by atoms with van der Waals surface area (Å²) in [6.07, 6.45) is 76.4. The van der Waals surface area contributed by atoms with Crippen LogP contribution in [0.25, 0.3) is 0 Å². The summed E-state index contributed by atoms with van der Waals surface area (Å²) in [7, 11) is -9.93. The Morgan fingerprint density at radius 2 is 0.426 bits per heavy atom. The Balaban J connectivity index is 5.24. The molecule has 0 amide bonds. The SMILES string of the molecule is CCCCCCCCCCCCCCCCCCCCCCC(=O)OC[C@H](COP(=O)(O)OC[C@@H](O)COP(=O)(O)OC[C@@H](COC(=O)CCCCCCCCCCCCCC)OC(=O)CCCCCCCCCCCCCCCCC)OC(=O)CCCCCCCCCCCCCCCCCCCCC(C)C. The summed E-state index contributed by atoms with van der Waals surface area (Å²) in [4.78, 5) is 73.3. The van der Waals surface area contributed by atoms with E-state index in [0.717, 1.165) is 95.8 Å². The van der Waals surface area contributed by atoms with E-state index in [4.69, 9.17) is 37.0 Å². The highest BCUT2D eigenvalue weighted by Gasteiger charge is 2.30. The summed E-state index contributed by atoms with van der Waals surface area (Å²) < 4.78 is 69.0. The number of esters is 4. The molecule has 0 spiro atoms. The van der Waals surface area contributed by atoms with Crippen LogP contribution in [0.4, 0.5) is 0 Å². The van der Waals surface area contributed by atoms with Gasteiger partial charge in [-0.3, -0.25) is 37.3 Å². The quantitative estimate of drug-likeness (QED) is 0.0222. The Hall–Kier alpha value is -1.94. The van der Waals surface area contributed by atoms with E-state index >= 15 is 0 Å². The van der Waals surface area contributed by atoms with Gasteiger partial charge in [0.05, 0.1) is 26.4 Å². The molecular formula is C89H174O17P2. The lowest BCUT2D eigenvalue weighted by Gasteiger charge is -2.21. The highest BCUT2D eigenvalue weighted by molar-refractivity contribution is 7.47. The molecule has 0 aliphatic carbocycles. The van der Waals surface area contributed by atoms with Gasteiger partial charge in [0.15, 0.2) is 12.2 Å². The first kappa shape index (κ1) is 106. The van der Waals surface area contributed by atoms with Crippen molar-refractivity contribution < 1.29 is 80.2 Å². The fourth-order valence-electron chi connectivity index (χ4n) is 14.0. The third kappa shape index (κ3) is 82.1. The Labute approximate surface area is 664 Å².